The summed E-state index contributed by atoms with van der Waals surface area (Å²) in [5.41, 5.74) is 3.12. The summed E-state index contributed by atoms with van der Waals surface area (Å²) in [4.78, 5) is 30.6. The number of fused-ring (bicyclic) bond motifs is 5. The van der Waals surface area contributed by atoms with Crippen LogP contribution in [0.25, 0.3) is 22.3 Å². The van der Waals surface area contributed by atoms with Crippen LogP contribution in [-0.2, 0) is 41.1 Å². The van der Waals surface area contributed by atoms with Gasteiger partial charge in [-0.1, -0.05) is 0 Å². The Hall–Kier alpha value is -3.26. The number of halogens is 1. The molecule has 0 amide bonds. The molecule has 1 unspecified atom stereocenters. The summed E-state index contributed by atoms with van der Waals surface area (Å²) in [5, 5.41) is 12.1. The number of esters is 1. The second-order valence-corrected chi connectivity index (χ2v) is 8.60. The quantitative estimate of drug-likeness (QED) is 0.497. The molecule has 0 saturated heterocycles. The number of cyclic esters (lactones) is 1. The first-order chi connectivity index (χ1) is 15.5. The molecule has 6 rings (SSSR count). The first-order valence-electron chi connectivity index (χ1n) is 10.7. The lowest BCUT2D eigenvalue weighted by atomic mass is 9.85. The topological polar surface area (TPSA) is 90.7 Å². The first-order valence-corrected chi connectivity index (χ1v) is 10.7. The number of carbonyl (C=O) groups excluding carboxylic acids is 1. The van der Waals surface area contributed by atoms with E-state index in [0.717, 1.165) is 52.6 Å². The molecule has 0 spiro atoms. The molecule has 1 aliphatic carbocycles. The molecule has 1 N–H and O–H groups in total. The van der Waals surface area contributed by atoms with E-state index in [-0.39, 0.29) is 23.3 Å². The van der Waals surface area contributed by atoms with Crippen LogP contribution in [0.2, 0.25) is 0 Å². The number of carbonyl (C=O) groups is 1. The fourth-order valence-corrected chi connectivity index (χ4v) is 5.52. The predicted molar refractivity (Wildman–Crippen MR) is 113 cm³/mol. The van der Waals surface area contributed by atoms with Gasteiger partial charge in [-0.2, -0.15) is 0 Å². The van der Waals surface area contributed by atoms with Crippen LogP contribution in [0.3, 0.4) is 0 Å². The van der Waals surface area contributed by atoms with Crippen LogP contribution in [0.5, 0.6) is 5.75 Å². The summed E-state index contributed by atoms with van der Waals surface area (Å²) in [6.45, 7) is -0.791. The van der Waals surface area contributed by atoms with Crippen LogP contribution in [0.15, 0.2) is 23.0 Å². The van der Waals surface area contributed by atoms with Gasteiger partial charge < -0.3 is 19.1 Å². The summed E-state index contributed by atoms with van der Waals surface area (Å²) in [7, 11) is 1.66. The Bertz CT molecular complexity index is 1400. The number of hydrogen-bond donors (Lipinski definition) is 1. The lowest BCUT2D eigenvalue weighted by Gasteiger charge is -2.32. The maximum Gasteiger partial charge on any atom is 0.343 e. The van der Waals surface area contributed by atoms with Crippen LogP contribution in [0, 0.1) is 0 Å². The van der Waals surface area contributed by atoms with E-state index in [1.807, 2.05) is 12.1 Å². The number of hydrogen-bond acceptors (Lipinski definition) is 6. The zero-order valence-electron chi connectivity index (χ0n) is 17.5. The number of methoxy groups -OCH3 is 1. The molecule has 4 heterocycles. The maximum atomic E-state index is 13.4. The molecular formula is C24H21FN2O5. The molecule has 2 aliphatic heterocycles. The van der Waals surface area contributed by atoms with Gasteiger partial charge in [-0.05, 0) is 43.0 Å². The van der Waals surface area contributed by atoms with E-state index >= 15 is 0 Å². The first kappa shape index (κ1) is 19.4. The van der Waals surface area contributed by atoms with Crippen LogP contribution < -0.4 is 10.3 Å². The highest BCUT2D eigenvalue weighted by molar-refractivity contribution is 5.93. The standard InChI is InChI=1S/C24H21FN2O5/c1-31-19-6-5-17-20-12(3-2-4-13(19)20)14-10-27-18(21(14)26-17)9-16-15(22(27)28)11-32-23(29)24(16,30)7-8-25/h5-6,9,30H,2-4,7-8,10-11H2,1H3. The molecule has 32 heavy (non-hydrogen) atoms. The van der Waals surface area contributed by atoms with Gasteiger partial charge in [0, 0.05) is 28.5 Å². The molecule has 0 saturated carbocycles. The minimum Gasteiger partial charge on any atom is -0.496 e. The van der Waals surface area contributed by atoms with Crippen molar-refractivity contribution in [2.75, 3.05) is 13.8 Å². The number of ether oxygens (including phenoxy) is 2. The Kier molecular flexibility index (Phi) is 4.02. The highest BCUT2D eigenvalue weighted by atomic mass is 19.1. The van der Waals surface area contributed by atoms with Crippen molar-refractivity contribution in [3.63, 3.8) is 0 Å². The highest BCUT2D eigenvalue weighted by Gasteiger charge is 2.46. The smallest absolute Gasteiger partial charge is 0.343 e. The Morgan fingerprint density at radius 2 is 2.03 bits per heavy atom. The number of aliphatic hydroxyl groups is 1. The number of rotatable bonds is 3. The van der Waals surface area contributed by atoms with Gasteiger partial charge in [-0.15, -0.1) is 0 Å². The van der Waals surface area contributed by atoms with E-state index < -0.39 is 24.7 Å². The second-order valence-electron chi connectivity index (χ2n) is 8.60. The predicted octanol–water partition coefficient (Wildman–Crippen LogP) is 2.53. The van der Waals surface area contributed by atoms with Gasteiger partial charge in [-0.3, -0.25) is 9.18 Å². The zero-order chi connectivity index (χ0) is 22.2. The normalized spacial score (nSPS) is 20.5. The maximum absolute atomic E-state index is 13.4. The molecule has 3 aliphatic rings. The van der Waals surface area contributed by atoms with Crippen LogP contribution >= 0.6 is 0 Å². The largest absolute Gasteiger partial charge is 0.496 e. The summed E-state index contributed by atoms with van der Waals surface area (Å²) in [6.07, 6.45) is 2.29. The highest BCUT2D eigenvalue weighted by Crippen LogP contribution is 2.43. The molecular weight excluding hydrogens is 415 g/mol. The average molecular weight is 436 g/mol. The second kappa shape index (κ2) is 6.62. The minimum atomic E-state index is -2.18. The van der Waals surface area contributed by atoms with Gasteiger partial charge in [0.1, 0.15) is 12.4 Å². The molecule has 1 atom stereocenters. The summed E-state index contributed by atoms with van der Waals surface area (Å²) >= 11 is 0. The fourth-order valence-electron chi connectivity index (χ4n) is 5.52. The van der Waals surface area contributed by atoms with Crippen molar-refractivity contribution < 1.29 is 23.8 Å². The van der Waals surface area contributed by atoms with Crippen LogP contribution in [0.1, 0.15) is 40.7 Å². The van der Waals surface area contributed by atoms with E-state index in [2.05, 4.69) is 0 Å². The van der Waals surface area contributed by atoms with Crippen molar-refractivity contribution in [2.24, 2.45) is 0 Å². The SMILES string of the molecule is COc1ccc2nc3c(c4c2c1CCC4)Cn1c-3cc2c(c1=O)COC(=O)C2(O)CCF. The lowest BCUT2D eigenvalue weighted by molar-refractivity contribution is -0.173. The summed E-state index contributed by atoms with van der Waals surface area (Å²) in [6, 6.07) is 5.46. The van der Waals surface area contributed by atoms with Crippen molar-refractivity contribution in [3.8, 4) is 17.1 Å². The number of pyridine rings is 2. The van der Waals surface area contributed by atoms with Gasteiger partial charge in [0.25, 0.3) is 5.56 Å². The Morgan fingerprint density at radius 3 is 2.81 bits per heavy atom. The molecule has 7 nitrogen and oxygen atoms in total. The lowest BCUT2D eigenvalue weighted by Crippen LogP contribution is -2.45. The number of aryl methyl sites for hydroxylation is 2. The minimum absolute atomic E-state index is 0.126. The van der Waals surface area contributed by atoms with Crippen molar-refractivity contribution in [1.82, 2.24) is 9.55 Å². The van der Waals surface area contributed by atoms with Gasteiger partial charge in [0.15, 0.2) is 5.60 Å². The number of alkyl halides is 1. The average Bonchev–Trinajstić information content (AvgIpc) is 3.17. The van der Waals surface area contributed by atoms with Gasteiger partial charge in [-0.25, -0.2) is 9.78 Å². The van der Waals surface area contributed by atoms with Gasteiger partial charge in [0.2, 0.25) is 0 Å². The number of aromatic nitrogens is 2. The third kappa shape index (κ3) is 2.35. The van der Waals surface area contributed by atoms with E-state index in [1.54, 1.807) is 17.7 Å². The van der Waals surface area contributed by atoms with E-state index in [1.165, 1.54) is 0 Å². The van der Waals surface area contributed by atoms with Crippen molar-refractivity contribution >= 4 is 16.9 Å². The van der Waals surface area contributed by atoms with Crippen molar-refractivity contribution in [3.05, 3.63) is 56.4 Å². The Morgan fingerprint density at radius 1 is 1.22 bits per heavy atom. The fraction of sp³-hybridized carbons (Fsp3) is 0.375. The van der Waals surface area contributed by atoms with E-state index in [0.29, 0.717) is 17.9 Å². The monoisotopic (exact) mass is 436 g/mol. The van der Waals surface area contributed by atoms with Crippen molar-refractivity contribution in [1.29, 1.82) is 0 Å². The Labute approximate surface area is 182 Å². The third-order valence-corrected chi connectivity index (χ3v) is 7.05. The zero-order valence-corrected chi connectivity index (χ0v) is 17.5. The molecule has 164 valence electrons. The Balaban J connectivity index is 1.64. The third-order valence-electron chi connectivity index (χ3n) is 7.05. The number of nitrogens with zero attached hydrogens (tertiary/aromatic N) is 2. The molecule has 2 aromatic heterocycles. The summed E-state index contributed by atoms with van der Waals surface area (Å²) in [5.74, 6) is -0.0844. The van der Waals surface area contributed by atoms with Crippen LogP contribution in [-0.4, -0.2) is 34.4 Å². The molecule has 0 radical (unpaired) electrons. The molecule has 0 fully saturated rings. The molecule has 0 bridgehead atoms. The summed E-state index contributed by atoms with van der Waals surface area (Å²) < 4.78 is 25.4. The molecule has 8 heteroatoms. The molecule has 1 aromatic carbocycles. The number of benzene rings is 1. The van der Waals surface area contributed by atoms with E-state index in [4.69, 9.17) is 14.5 Å². The van der Waals surface area contributed by atoms with E-state index in [9.17, 15) is 19.1 Å². The van der Waals surface area contributed by atoms with Gasteiger partial charge >= 0.3 is 5.97 Å². The van der Waals surface area contributed by atoms with Gasteiger partial charge in [0.05, 0.1) is 42.8 Å². The molecule has 3 aromatic rings. The van der Waals surface area contributed by atoms with Crippen molar-refractivity contribution in [2.45, 2.75) is 44.4 Å². The van der Waals surface area contributed by atoms with Crippen LogP contribution in [0.4, 0.5) is 4.39 Å².